The fourth-order valence-corrected chi connectivity index (χ4v) is 2.34. The molecule has 0 spiro atoms. The number of aliphatic imine (C=N–C) groups is 1. The van der Waals surface area contributed by atoms with E-state index in [0.29, 0.717) is 5.92 Å². The fraction of sp³-hybridized carbons (Fsp3) is 0.444. The number of rotatable bonds is 8. The van der Waals surface area contributed by atoms with E-state index in [4.69, 9.17) is 0 Å². The number of aromatic nitrogens is 2. The highest BCUT2D eigenvalue weighted by Crippen LogP contribution is 2.01. The molecule has 2 rings (SSSR count). The van der Waals surface area contributed by atoms with Gasteiger partial charge in [0.05, 0.1) is 0 Å². The molecule has 0 radical (unpaired) electrons. The maximum Gasteiger partial charge on any atom is 0.191 e. The number of benzene rings is 1. The Kier molecular flexibility index (Phi) is 7.17. The predicted molar refractivity (Wildman–Crippen MR) is 95.5 cm³/mol. The Morgan fingerprint density at radius 2 is 2.04 bits per heavy atom. The van der Waals surface area contributed by atoms with Gasteiger partial charge < -0.3 is 10.6 Å². The number of guanidine groups is 1. The number of hydrogen-bond acceptors (Lipinski definition) is 2. The van der Waals surface area contributed by atoms with Crippen molar-refractivity contribution in [3.8, 4) is 0 Å². The normalized spacial score (nSPS) is 12.9. The van der Waals surface area contributed by atoms with Gasteiger partial charge in [-0.2, -0.15) is 5.10 Å². The highest BCUT2D eigenvalue weighted by Gasteiger charge is 2.04. The molecule has 1 aromatic heterocycles. The van der Waals surface area contributed by atoms with Crippen LogP contribution in [0.4, 0.5) is 0 Å². The van der Waals surface area contributed by atoms with Gasteiger partial charge in [-0.05, 0) is 30.9 Å². The number of hydrogen-bond donors (Lipinski definition) is 2. The van der Waals surface area contributed by atoms with Gasteiger partial charge in [-0.1, -0.05) is 37.3 Å². The number of nitrogens with zero attached hydrogens (tertiary/aromatic N) is 3. The third kappa shape index (κ3) is 6.55. The van der Waals surface area contributed by atoms with Gasteiger partial charge in [0.2, 0.25) is 0 Å². The second-order valence-corrected chi connectivity index (χ2v) is 5.72. The van der Waals surface area contributed by atoms with Crippen LogP contribution >= 0.6 is 0 Å². The Morgan fingerprint density at radius 3 is 2.74 bits per heavy atom. The van der Waals surface area contributed by atoms with Gasteiger partial charge in [-0.3, -0.25) is 9.67 Å². The molecule has 0 amide bonds. The van der Waals surface area contributed by atoms with E-state index < -0.39 is 0 Å². The van der Waals surface area contributed by atoms with E-state index in [1.165, 1.54) is 5.56 Å². The van der Waals surface area contributed by atoms with Crippen LogP contribution in [0.3, 0.4) is 0 Å². The zero-order valence-corrected chi connectivity index (χ0v) is 14.1. The summed E-state index contributed by atoms with van der Waals surface area (Å²) < 4.78 is 1.95. The van der Waals surface area contributed by atoms with Crippen molar-refractivity contribution in [2.75, 3.05) is 19.6 Å². The van der Waals surface area contributed by atoms with Gasteiger partial charge in [0.15, 0.2) is 5.96 Å². The van der Waals surface area contributed by atoms with Crippen LogP contribution in [0.2, 0.25) is 0 Å². The maximum absolute atomic E-state index is 4.68. The largest absolute Gasteiger partial charge is 0.357 e. The molecule has 0 fully saturated rings. The molecule has 1 heterocycles. The molecule has 0 bridgehead atoms. The monoisotopic (exact) mass is 313 g/mol. The van der Waals surface area contributed by atoms with Crippen LogP contribution in [0.1, 0.15) is 19.4 Å². The van der Waals surface area contributed by atoms with Crippen molar-refractivity contribution in [1.29, 1.82) is 0 Å². The summed E-state index contributed by atoms with van der Waals surface area (Å²) in [4.78, 5) is 4.68. The summed E-state index contributed by atoms with van der Waals surface area (Å²) in [6.45, 7) is 7.69. The molecule has 0 saturated carbocycles. The molecular formula is C18H27N5. The third-order valence-electron chi connectivity index (χ3n) is 3.51. The standard InChI is InChI=1S/C18H27N5/c1-3-19-18(20-12-10-17-8-5-4-6-9-17)21-14-16(2)15-23-13-7-11-22-23/h4-9,11,13,16H,3,10,12,14-15H2,1-2H3,(H2,19,20,21). The number of nitrogens with one attached hydrogen (secondary N) is 2. The van der Waals surface area contributed by atoms with E-state index in [2.05, 4.69) is 58.8 Å². The first-order valence-electron chi connectivity index (χ1n) is 8.31. The van der Waals surface area contributed by atoms with Gasteiger partial charge in [-0.15, -0.1) is 0 Å². The van der Waals surface area contributed by atoms with Crippen molar-refractivity contribution < 1.29 is 0 Å². The smallest absolute Gasteiger partial charge is 0.191 e. The predicted octanol–water partition coefficient (Wildman–Crippen LogP) is 2.32. The lowest BCUT2D eigenvalue weighted by Crippen LogP contribution is -2.38. The average Bonchev–Trinajstić information content (AvgIpc) is 3.06. The van der Waals surface area contributed by atoms with E-state index in [0.717, 1.165) is 38.6 Å². The summed E-state index contributed by atoms with van der Waals surface area (Å²) in [5.41, 5.74) is 1.34. The lowest BCUT2D eigenvalue weighted by Gasteiger charge is -2.13. The van der Waals surface area contributed by atoms with Crippen molar-refractivity contribution in [2.24, 2.45) is 10.9 Å². The third-order valence-corrected chi connectivity index (χ3v) is 3.51. The molecule has 2 N–H and O–H groups in total. The quantitative estimate of drug-likeness (QED) is 0.581. The van der Waals surface area contributed by atoms with Crippen LogP contribution in [-0.4, -0.2) is 35.4 Å². The van der Waals surface area contributed by atoms with Crippen LogP contribution in [0, 0.1) is 5.92 Å². The molecule has 0 aliphatic carbocycles. The first-order chi connectivity index (χ1) is 11.3. The molecule has 124 valence electrons. The minimum atomic E-state index is 0.444. The van der Waals surface area contributed by atoms with Crippen LogP contribution in [0.25, 0.3) is 0 Å². The van der Waals surface area contributed by atoms with E-state index in [1.54, 1.807) is 0 Å². The van der Waals surface area contributed by atoms with E-state index in [9.17, 15) is 0 Å². The molecule has 0 saturated heterocycles. The van der Waals surface area contributed by atoms with Crippen LogP contribution in [0.5, 0.6) is 0 Å². The van der Waals surface area contributed by atoms with Crippen molar-refractivity contribution in [3.05, 3.63) is 54.4 Å². The summed E-state index contributed by atoms with van der Waals surface area (Å²) in [5, 5.41) is 10.9. The zero-order valence-electron chi connectivity index (χ0n) is 14.1. The highest BCUT2D eigenvalue weighted by atomic mass is 15.3. The Bertz CT molecular complexity index is 562. The molecule has 5 nitrogen and oxygen atoms in total. The van der Waals surface area contributed by atoms with Crippen LogP contribution in [0.15, 0.2) is 53.8 Å². The van der Waals surface area contributed by atoms with Crippen molar-refractivity contribution in [3.63, 3.8) is 0 Å². The van der Waals surface area contributed by atoms with E-state index in [1.807, 2.05) is 29.2 Å². The lowest BCUT2D eigenvalue weighted by atomic mass is 10.1. The Labute approximate surface area is 138 Å². The first kappa shape index (κ1) is 17.1. The molecule has 1 atom stereocenters. The Morgan fingerprint density at radius 1 is 1.22 bits per heavy atom. The summed E-state index contributed by atoms with van der Waals surface area (Å²) in [5.74, 6) is 1.33. The van der Waals surface area contributed by atoms with Gasteiger partial charge >= 0.3 is 0 Å². The van der Waals surface area contributed by atoms with Gasteiger partial charge in [-0.25, -0.2) is 0 Å². The second-order valence-electron chi connectivity index (χ2n) is 5.72. The van der Waals surface area contributed by atoms with Gasteiger partial charge in [0.25, 0.3) is 0 Å². The second kappa shape index (κ2) is 9.66. The summed E-state index contributed by atoms with van der Waals surface area (Å²) >= 11 is 0. The zero-order chi connectivity index (χ0) is 16.3. The molecular weight excluding hydrogens is 286 g/mol. The Balaban J connectivity index is 1.77. The summed E-state index contributed by atoms with van der Waals surface area (Å²) in [6.07, 6.45) is 4.79. The van der Waals surface area contributed by atoms with Crippen molar-refractivity contribution >= 4 is 5.96 Å². The average molecular weight is 313 g/mol. The van der Waals surface area contributed by atoms with Crippen molar-refractivity contribution in [2.45, 2.75) is 26.8 Å². The summed E-state index contributed by atoms with van der Waals surface area (Å²) in [7, 11) is 0. The highest BCUT2D eigenvalue weighted by molar-refractivity contribution is 5.79. The van der Waals surface area contributed by atoms with E-state index >= 15 is 0 Å². The van der Waals surface area contributed by atoms with Gasteiger partial charge in [0, 0.05) is 38.6 Å². The first-order valence-corrected chi connectivity index (χ1v) is 8.31. The van der Waals surface area contributed by atoms with Crippen LogP contribution < -0.4 is 10.6 Å². The fourth-order valence-electron chi connectivity index (χ4n) is 2.34. The van der Waals surface area contributed by atoms with Crippen LogP contribution in [-0.2, 0) is 13.0 Å². The molecule has 2 aromatic rings. The van der Waals surface area contributed by atoms with Gasteiger partial charge in [0.1, 0.15) is 0 Å². The molecule has 1 aromatic carbocycles. The minimum absolute atomic E-state index is 0.444. The SMILES string of the molecule is CCNC(=NCC(C)Cn1cccn1)NCCc1ccccc1. The topological polar surface area (TPSA) is 54.2 Å². The Hall–Kier alpha value is -2.30. The maximum atomic E-state index is 4.68. The molecule has 0 aliphatic rings. The van der Waals surface area contributed by atoms with E-state index in [-0.39, 0.29) is 0 Å². The van der Waals surface area contributed by atoms with Crippen molar-refractivity contribution in [1.82, 2.24) is 20.4 Å². The molecule has 5 heteroatoms. The lowest BCUT2D eigenvalue weighted by molar-refractivity contribution is 0.458. The molecule has 0 aliphatic heterocycles. The molecule has 1 unspecified atom stereocenters. The summed E-state index contributed by atoms with van der Waals surface area (Å²) in [6, 6.07) is 12.4. The molecule has 23 heavy (non-hydrogen) atoms. The minimum Gasteiger partial charge on any atom is -0.357 e.